The quantitative estimate of drug-likeness (QED) is 0.789. The second kappa shape index (κ2) is 5.61. The molecular formula is C14H18ClN3O. The highest BCUT2D eigenvalue weighted by atomic mass is 35.5. The summed E-state index contributed by atoms with van der Waals surface area (Å²) in [7, 11) is 0. The van der Waals surface area contributed by atoms with Crippen molar-refractivity contribution in [3.63, 3.8) is 0 Å². The van der Waals surface area contributed by atoms with Gasteiger partial charge in [0.15, 0.2) is 5.78 Å². The van der Waals surface area contributed by atoms with Crippen LogP contribution in [-0.2, 0) is 19.5 Å². The first-order chi connectivity index (χ1) is 9.06. The Bertz CT molecular complexity index is 598. The number of carbonyl (C=O) groups excluding carboxylic acids is 1. The molecule has 0 radical (unpaired) electrons. The van der Waals surface area contributed by atoms with Crippen molar-refractivity contribution in [2.45, 2.75) is 40.3 Å². The average molecular weight is 280 g/mol. The van der Waals surface area contributed by atoms with Crippen molar-refractivity contribution in [1.29, 1.82) is 0 Å². The third-order valence-corrected chi connectivity index (χ3v) is 3.62. The normalized spacial score (nSPS) is 10.9. The molecule has 0 aliphatic rings. The van der Waals surface area contributed by atoms with E-state index in [2.05, 4.69) is 5.10 Å². The summed E-state index contributed by atoms with van der Waals surface area (Å²) in [5, 5.41) is 5.23. The molecule has 4 nitrogen and oxygen atoms in total. The van der Waals surface area contributed by atoms with Crippen molar-refractivity contribution < 1.29 is 4.79 Å². The van der Waals surface area contributed by atoms with E-state index in [9.17, 15) is 4.79 Å². The van der Waals surface area contributed by atoms with Crippen molar-refractivity contribution in [2.24, 2.45) is 0 Å². The average Bonchev–Trinajstić information content (AvgIpc) is 2.96. The van der Waals surface area contributed by atoms with Gasteiger partial charge in [-0.3, -0.25) is 9.48 Å². The fourth-order valence-corrected chi connectivity index (χ4v) is 2.42. The maximum absolute atomic E-state index is 11.3. The van der Waals surface area contributed by atoms with Gasteiger partial charge < -0.3 is 4.57 Å². The lowest BCUT2D eigenvalue weighted by molar-refractivity contribution is 0.101. The maximum Gasteiger partial charge on any atom is 0.161 e. The van der Waals surface area contributed by atoms with Gasteiger partial charge in [-0.15, -0.1) is 0 Å². The fourth-order valence-electron chi connectivity index (χ4n) is 2.09. The Balaban J connectivity index is 2.31. The predicted octanol–water partition coefficient (Wildman–Crippen LogP) is 3.17. The van der Waals surface area contributed by atoms with Crippen LogP contribution in [0.2, 0.25) is 5.02 Å². The van der Waals surface area contributed by atoms with E-state index in [0.29, 0.717) is 6.54 Å². The number of aromatic nitrogens is 3. The van der Waals surface area contributed by atoms with Crippen molar-refractivity contribution >= 4 is 17.4 Å². The van der Waals surface area contributed by atoms with Gasteiger partial charge in [0.1, 0.15) is 0 Å². The number of aryl methyl sites for hydroxylation is 2. The van der Waals surface area contributed by atoms with Crippen LogP contribution in [0.25, 0.3) is 0 Å². The fraction of sp³-hybridized carbons (Fsp3) is 0.429. The monoisotopic (exact) mass is 279 g/mol. The van der Waals surface area contributed by atoms with E-state index >= 15 is 0 Å². The third kappa shape index (κ3) is 2.73. The minimum atomic E-state index is 0.0723. The largest absolute Gasteiger partial charge is 0.348 e. The summed E-state index contributed by atoms with van der Waals surface area (Å²) in [6.45, 7) is 7.07. The van der Waals surface area contributed by atoms with Crippen LogP contribution in [0.4, 0.5) is 0 Å². The SMILES string of the molecule is CCc1nn(CC)c(Cn2ccc(C(C)=O)c2)c1Cl. The number of rotatable bonds is 5. The Kier molecular flexibility index (Phi) is 4.10. The van der Waals surface area contributed by atoms with E-state index in [1.54, 1.807) is 6.92 Å². The molecule has 0 saturated carbocycles. The van der Waals surface area contributed by atoms with E-state index in [1.165, 1.54) is 0 Å². The number of Topliss-reactive ketones (excluding diaryl/α,β-unsaturated/α-hetero) is 1. The van der Waals surface area contributed by atoms with Gasteiger partial charge in [-0.2, -0.15) is 5.10 Å². The van der Waals surface area contributed by atoms with Gasteiger partial charge in [0.05, 0.1) is 23.0 Å². The van der Waals surface area contributed by atoms with E-state index in [0.717, 1.165) is 34.9 Å². The van der Waals surface area contributed by atoms with Crippen molar-refractivity contribution in [2.75, 3.05) is 0 Å². The molecule has 0 amide bonds. The zero-order valence-electron chi connectivity index (χ0n) is 11.5. The molecule has 0 fully saturated rings. The number of ketones is 1. The van der Waals surface area contributed by atoms with Crippen LogP contribution in [0.15, 0.2) is 18.5 Å². The zero-order chi connectivity index (χ0) is 14.0. The van der Waals surface area contributed by atoms with Gasteiger partial charge in [0, 0.05) is 24.5 Å². The first-order valence-corrected chi connectivity index (χ1v) is 6.85. The molecule has 0 aliphatic heterocycles. The second-order valence-electron chi connectivity index (χ2n) is 4.51. The molecule has 0 spiro atoms. The van der Waals surface area contributed by atoms with Crippen LogP contribution in [-0.4, -0.2) is 20.1 Å². The minimum Gasteiger partial charge on any atom is -0.348 e. The smallest absolute Gasteiger partial charge is 0.161 e. The summed E-state index contributed by atoms with van der Waals surface area (Å²) in [6.07, 6.45) is 4.56. The van der Waals surface area contributed by atoms with Crippen LogP contribution in [0, 0.1) is 0 Å². The molecule has 2 heterocycles. The standard InChI is InChI=1S/C14H18ClN3O/c1-4-12-14(15)13(18(5-2)16-12)9-17-7-6-11(8-17)10(3)19/h6-8H,4-5,9H2,1-3H3. The van der Waals surface area contributed by atoms with E-state index in [1.807, 2.05) is 41.6 Å². The van der Waals surface area contributed by atoms with E-state index < -0.39 is 0 Å². The molecule has 2 aromatic rings. The summed E-state index contributed by atoms with van der Waals surface area (Å²) in [5.41, 5.74) is 2.64. The molecule has 0 aromatic carbocycles. The molecule has 0 aliphatic carbocycles. The molecule has 5 heteroatoms. The Morgan fingerprint density at radius 2 is 2.16 bits per heavy atom. The molecular weight excluding hydrogens is 262 g/mol. The molecule has 0 N–H and O–H groups in total. The van der Waals surface area contributed by atoms with Gasteiger partial charge in [0.25, 0.3) is 0 Å². The van der Waals surface area contributed by atoms with Gasteiger partial charge >= 0.3 is 0 Å². The molecule has 0 bridgehead atoms. The van der Waals surface area contributed by atoms with Crippen molar-refractivity contribution in [3.8, 4) is 0 Å². The van der Waals surface area contributed by atoms with Crippen LogP contribution in [0.1, 0.15) is 42.5 Å². The summed E-state index contributed by atoms with van der Waals surface area (Å²) in [6, 6.07) is 1.82. The van der Waals surface area contributed by atoms with Gasteiger partial charge in [-0.25, -0.2) is 0 Å². The number of carbonyl (C=O) groups is 1. The molecule has 0 atom stereocenters. The molecule has 102 valence electrons. The summed E-state index contributed by atoms with van der Waals surface area (Å²) < 4.78 is 3.89. The van der Waals surface area contributed by atoms with E-state index in [4.69, 9.17) is 11.6 Å². The van der Waals surface area contributed by atoms with E-state index in [-0.39, 0.29) is 5.78 Å². The molecule has 0 unspecified atom stereocenters. The van der Waals surface area contributed by atoms with Crippen LogP contribution < -0.4 is 0 Å². The molecule has 0 saturated heterocycles. The Labute approximate surface area is 118 Å². The Hall–Kier alpha value is -1.55. The molecule has 2 aromatic heterocycles. The number of hydrogen-bond donors (Lipinski definition) is 0. The van der Waals surface area contributed by atoms with Gasteiger partial charge in [-0.05, 0) is 26.3 Å². The molecule has 2 rings (SSSR count). The summed E-state index contributed by atoms with van der Waals surface area (Å²) in [4.78, 5) is 11.3. The van der Waals surface area contributed by atoms with Crippen molar-refractivity contribution in [1.82, 2.24) is 14.3 Å². The lowest BCUT2D eigenvalue weighted by Crippen LogP contribution is -2.07. The van der Waals surface area contributed by atoms with Crippen molar-refractivity contribution in [3.05, 3.63) is 40.4 Å². The highest BCUT2D eigenvalue weighted by Crippen LogP contribution is 2.22. The lowest BCUT2D eigenvalue weighted by Gasteiger charge is -2.06. The van der Waals surface area contributed by atoms with Gasteiger partial charge in [-0.1, -0.05) is 18.5 Å². The number of hydrogen-bond acceptors (Lipinski definition) is 2. The summed E-state index contributed by atoms with van der Waals surface area (Å²) in [5.74, 6) is 0.0723. The minimum absolute atomic E-state index is 0.0723. The second-order valence-corrected chi connectivity index (χ2v) is 4.88. The zero-order valence-corrected chi connectivity index (χ0v) is 12.2. The topological polar surface area (TPSA) is 39.8 Å². The summed E-state index contributed by atoms with van der Waals surface area (Å²) >= 11 is 6.36. The Morgan fingerprint density at radius 3 is 2.68 bits per heavy atom. The number of nitrogens with zero attached hydrogens (tertiary/aromatic N) is 3. The van der Waals surface area contributed by atoms with Gasteiger partial charge in [0.2, 0.25) is 0 Å². The Morgan fingerprint density at radius 1 is 1.42 bits per heavy atom. The first kappa shape index (κ1) is 13.9. The van der Waals surface area contributed by atoms with Crippen LogP contribution in [0.5, 0.6) is 0 Å². The van der Waals surface area contributed by atoms with Crippen LogP contribution >= 0.6 is 11.6 Å². The lowest BCUT2D eigenvalue weighted by atomic mass is 10.2. The predicted molar refractivity (Wildman–Crippen MR) is 75.8 cm³/mol. The maximum atomic E-state index is 11.3. The first-order valence-electron chi connectivity index (χ1n) is 6.47. The third-order valence-electron chi connectivity index (χ3n) is 3.18. The molecule has 19 heavy (non-hydrogen) atoms. The highest BCUT2D eigenvalue weighted by molar-refractivity contribution is 6.31. The number of halogens is 1. The van der Waals surface area contributed by atoms with Crippen LogP contribution in [0.3, 0.4) is 0 Å². The highest BCUT2D eigenvalue weighted by Gasteiger charge is 2.14.